The van der Waals surface area contributed by atoms with Crippen LogP contribution in [0.3, 0.4) is 0 Å². The number of guanidine groups is 1. The monoisotopic (exact) mass is 902 g/mol. The molecule has 2 rings (SSSR count). The molecular formula is C44H72ClN11O7. The fourth-order valence-electron chi connectivity index (χ4n) is 5.98. The second-order valence-corrected chi connectivity index (χ2v) is 17.6. The van der Waals surface area contributed by atoms with Gasteiger partial charge in [0, 0.05) is 25.3 Å². The molecular weight excluding hydrogens is 830 g/mol. The van der Waals surface area contributed by atoms with Gasteiger partial charge in [-0.3, -0.25) is 24.8 Å². The molecule has 1 aromatic heterocycles. The van der Waals surface area contributed by atoms with E-state index in [0.717, 1.165) is 82.3 Å². The van der Waals surface area contributed by atoms with Crippen molar-refractivity contribution >= 4 is 58.9 Å². The van der Waals surface area contributed by atoms with E-state index in [2.05, 4.69) is 47.7 Å². The average Bonchev–Trinajstić information content (AvgIpc) is 3.17. The van der Waals surface area contributed by atoms with Crippen molar-refractivity contribution < 1.29 is 33.4 Å². The highest BCUT2D eigenvalue weighted by Crippen LogP contribution is 2.18. The first kappa shape index (κ1) is 53.9. The van der Waals surface area contributed by atoms with E-state index < -0.39 is 35.3 Å². The number of amides is 4. The van der Waals surface area contributed by atoms with Crippen LogP contribution in [0.2, 0.25) is 5.15 Å². The lowest BCUT2D eigenvalue weighted by atomic mass is 10.1. The van der Waals surface area contributed by atoms with E-state index in [1.807, 2.05) is 24.3 Å². The predicted octanol–water partition coefficient (Wildman–Crippen LogP) is 6.59. The van der Waals surface area contributed by atoms with E-state index in [9.17, 15) is 19.2 Å². The molecule has 0 aliphatic carbocycles. The van der Waals surface area contributed by atoms with Crippen LogP contribution in [0, 0.1) is 0 Å². The zero-order valence-corrected chi connectivity index (χ0v) is 39.4. The zero-order chi connectivity index (χ0) is 47.0. The summed E-state index contributed by atoms with van der Waals surface area (Å²) in [5, 5.41) is 8.07. The number of nitrogens with one attached hydrogen (secondary N) is 3. The minimum Gasteiger partial charge on any atom is -0.492 e. The van der Waals surface area contributed by atoms with Gasteiger partial charge in [-0.05, 0) is 131 Å². The minimum absolute atomic E-state index is 0.0646. The summed E-state index contributed by atoms with van der Waals surface area (Å²) >= 11 is 5.85. The van der Waals surface area contributed by atoms with Crippen LogP contribution in [0.1, 0.15) is 136 Å². The molecule has 0 fully saturated rings. The highest BCUT2D eigenvalue weighted by molar-refractivity contribution is 6.31. The Hall–Kier alpha value is -5.23. The van der Waals surface area contributed by atoms with Crippen LogP contribution in [0.15, 0.2) is 34.3 Å². The number of carbonyl (C=O) groups excluding carboxylic acids is 4. The second-order valence-electron chi connectivity index (χ2n) is 17.3. The van der Waals surface area contributed by atoms with Gasteiger partial charge in [-0.15, -0.1) is 0 Å². The molecule has 1 atom stereocenters. The Morgan fingerprint density at radius 2 is 1.54 bits per heavy atom. The van der Waals surface area contributed by atoms with E-state index in [-0.39, 0.29) is 34.3 Å². The van der Waals surface area contributed by atoms with Gasteiger partial charge in [0.15, 0.2) is 28.4 Å². The second kappa shape index (κ2) is 27.7. The Bertz CT molecular complexity index is 1810. The van der Waals surface area contributed by atoms with Crippen LogP contribution in [0.5, 0.6) is 5.75 Å². The number of aliphatic imine (C=N–C) groups is 2. The summed E-state index contributed by atoms with van der Waals surface area (Å²) in [6.07, 6.45) is 7.38. The molecule has 2 aromatic rings. The molecule has 0 saturated carbocycles. The number of hydrogen-bond acceptors (Lipinski definition) is 13. The molecule has 0 aliphatic heterocycles. The number of unbranched alkanes of at least 4 members (excludes halogenated alkanes) is 4. The lowest BCUT2D eigenvalue weighted by Crippen LogP contribution is -2.48. The first-order valence-corrected chi connectivity index (χ1v) is 22.2. The van der Waals surface area contributed by atoms with Crippen LogP contribution >= 0.6 is 11.6 Å². The Kier molecular flexibility index (Phi) is 23.7. The summed E-state index contributed by atoms with van der Waals surface area (Å²) in [7, 11) is 0. The van der Waals surface area contributed by atoms with Crippen molar-refractivity contribution in [3.05, 3.63) is 40.7 Å². The van der Waals surface area contributed by atoms with Crippen molar-refractivity contribution in [2.24, 2.45) is 15.7 Å². The first-order valence-electron chi connectivity index (χ1n) is 21.8. The van der Waals surface area contributed by atoms with E-state index in [4.69, 9.17) is 43.0 Å². The molecule has 0 saturated heterocycles. The molecule has 4 amide bonds. The maximum Gasteiger partial charge on any atom is 0.434 e. The first-order chi connectivity index (χ1) is 29.6. The summed E-state index contributed by atoms with van der Waals surface area (Å²) in [5.41, 5.74) is 17.5. The summed E-state index contributed by atoms with van der Waals surface area (Å²) < 4.78 is 16.8. The SMILES string of the molecule is CCCCN(CCCNC(=O)[C@H](CCCCCC(C)=NC(=O)OC(C)(C)C)NC(=O)OC(C)(C)C)CCOc1ccc(CCCCN=C(N)NC(=O)c2nc(Cl)c(N)nc2N)cc1. The van der Waals surface area contributed by atoms with Crippen LogP contribution in [0.25, 0.3) is 0 Å². The number of ether oxygens (including phenoxy) is 3. The Morgan fingerprint density at radius 3 is 2.21 bits per heavy atom. The summed E-state index contributed by atoms with van der Waals surface area (Å²) in [6.45, 7) is 18.5. The number of hydrogen-bond donors (Lipinski definition) is 6. The van der Waals surface area contributed by atoms with E-state index in [0.29, 0.717) is 44.7 Å². The van der Waals surface area contributed by atoms with Crippen LogP contribution in [-0.4, -0.2) is 107 Å². The molecule has 1 aromatic carbocycles. The van der Waals surface area contributed by atoms with Gasteiger partial charge in [-0.25, -0.2) is 19.6 Å². The third-order valence-electron chi connectivity index (χ3n) is 9.11. The third kappa shape index (κ3) is 24.3. The summed E-state index contributed by atoms with van der Waals surface area (Å²) in [4.78, 5) is 68.5. The van der Waals surface area contributed by atoms with Gasteiger partial charge in [-0.2, -0.15) is 4.99 Å². The highest BCUT2D eigenvalue weighted by atomic mass is 35.5. The Morgan fingerprint density at radius 1 is 0.857 bits per heavy atom. The van der Waals surface area contributed by atoms with Crippen LogP contribution < -0.4 is 37.9 Å². The van der Waals surface area contributed by atoms with Crippen molar-refractivity contribution in [2.75, 3.05) is 50.8 Å². The fourth-order valence-corrected chi connectivity index (χ4v) is 6.11. The smallest absolute Gasteiger partial charge is 0.434 e. The summed E-state index contributed by atoms with van der Waals surface area (Å²) in [6, 6.07) is 7.28. The zero-order valence-electron chi connectivity index (χ0n) is 38.6. The van der Waals surface area contributed by atoms with E-state index in [1.165, 1.54) is 0 Å². The molecule has 18 nitrogen and oxygen atoms in total. The number of benzene rings is 1. The van der Waals surface area contributed by atoms with E-state index >= 15 is 0 Å². The average molecular weight is 903 g/mol. The number of aryl methyl sites for hydroxylation is 1. The predicted molar refractivity (Wildman–Crippen MR) is 249 cm³/mol. The van der Waals surface area contributed by atoms with Crippen molar-refractivity contribution in [3.8, 4) is 5.75 Å². The van der Waals surface area contributed by atoms with Gasteiger partial charge in [0.25, 0.3) is 5.91 Å². The molecule has 0 radical (unpaired) electrons. The third-order valence-corrected chi connectivity index (χ3v) is 9.39. The molecule has 19 heteroatoms. The number of halogens is 1. The molecule has 63 heavy (non-hydrogen) atoms. The standard InChI is InChI=1S/C44H72ClN11O7/c1-9-10-26-56(27-16-25-49-38(57)33(52-42(60)63-44(6,7)8)19-13-11-12-17-30(2)51-41(59)62-43(3,4)5)28-29-61-32-22-20-31(21-23-32)18-14-15-24-50-40(48)55-39(58)34-36(46)54-37(47)35(45)53-34/h20-23,33H,9-19,24-29H2,1-8H3,(H,49,57)(H,52,60)(H4,46,47,54)(H3,48,50,55,58)/t33-/m0/s1. The normalized spacial score (nSPS) is 12.7. The molecule has 1 heterocycles. The largest absolute Gasteiger partial charge is 0.492 e. The van der Waals surface area contributed by atoms with Gasteiger partial charge in [0.1, 0.15) is 29.6 Å². The molecule has 9 N–H and O–H groups in total. The van der Waals surface area contributed by atoms with Gasteiger partial charge < -0.3 is 42.0 Å². The molecule has 0 unspecified atom stereocenters. The number of rotatable bonds is 25. The highest BCUT2D eigenvalue weighted by Gasteiger charge is 2.24. The number of nitrogen functional groups attached to an aromatic ring is 2. The Labute approximate surface area is 378 Å². The molecule has 0 bridgehead atoms. The number of alkyl carbamates (subject to hydrolysis) is 1. The number of carbonyl (C=O) groups is 4. The quantitative estimate of drug-likeness (QED) is 0.0349. The lowest BCUT2D eigenvalue weighted by molar-refractivity contribution is -0.123. The van der Waals surface area contributed by atoms with Gasteiger partial charge in [0.2, 0.25) is 5.91 Å². The van der Waals surface area contributed by atoms with E-state index in [1.54, 1.807) is 48.5 Å². The topological polar surface area (TPSA) is 264 Å². The van der Waals surface area contributed by atoms with Crippen molar-refractivity contribution in [1.29, 1.82) is 0 Å². The van der Waals surface area contributed by atoms with Gasteiger partial charge in [0.05, 0.1) is 0 Å². The molecule has 352 valence electrons. The fraction of sp³-hybridized carbons (Fsp3) is 0.636. The summed E-state index contributed by atoms with van der Waals surface area (Å²) in [5.74, 6) is -0.450. The maximum absolute atomic E-state index is 13.3. The van der Waals surface area contributed by atoms with Crippen LogP contribution in [-0.2, 0) is 20.7 Å². The van der Waals surface area contributed by atoms with Gasteiger partial charge >= 0.3 is 12.2 Å². The maximum atomic E-state index is 13.3. The van der Waals surface area contributed by atoms with Crippen molar-refractivity contribution in [3.63, 3.8) is 0 Å². The van der Waals surface area contributed by atoms with Crippen molar-refractivity contribution in [2.45, 2.75) is 143 Å². The number of aromatic nitrogens is 2. The number of nitrogens with two attached hydrogens (primary N) is 3. The van der Waals surface area contributed by atoms with Crippen molar-refractivity contribution in [1.82, 2.24) is 30.8 Å². The van der Waals surface area contributed by atoms with Gasteiger partial charge in [-0.1, -0.05) is 49.9 Å². The molecule has 0 aliphatic rings. The Balaban J connectivity index is 1.77. The van der Waals surface area contributed by atoms with Crippen LogP contribution in [0.4, 0.5) is 21.2 Å². The molecule has 0 spiro atoms. The lowest BCUT2D eigenvalue weighted by Gasteiger charge is -2.24. The minimum atomic E-state index is -0.744. The number of anilines is 2. The number of nitrogens with zero attached hydrogens (tertiary/aromatic N) is 5.